The Kier molecular flexibility index (Phi) is 7.91. The van der Waals surface area contributed by atoms with Crippen molar-refractivity contribution in [2.75, 3.05) is 31.7 Å². The maximum Gasteiger partial charge on any atom is 0.513 e. The van der Waals surface area contributed by atoms with Gasteiger partial charge in [-0.1, -0.05) is 6.07 Å². The van der Waals surface area contributed by atoms with Gasteiger partial charge in [0.2, 0.25) is 11.8 Å². The average molecular weight is 526 g/mol. The number of anilines is 1. The molecule has 198 valence electrons. The Morgan fingerprint density at radius 3 is 2.53 bits per heavy atom. The summed E-state index contributed by atoms with van der Waals surface area (Å²) in [4.78, 5) is 72.2. The van der Waals surface area contributed by atoms with Crippen molar-refractivity contribution in [1.29, 1.82) is 0 Å². The second kappa shape index (κ2) is 11.5. The quantitative estimate of drug-likeness (QED) is 0.115. The molecule has 1 saturated heterocycles. The van der Waals surface area contributed by atoms with Crippen LogP contribution in [-0.2, 0) is 19.1 Å². The number of nitrogens with one attached hydrogen (secondary N) is 2. The fourth-order valence-corrected chi connectivity index (χ4v) is 3.97. The maximum atomic E-state index is 13.0. The Morgan fingerprint density at radius 1 is 1.05 bits per heavy atom. The van der Waals surface area contributed by atoms with E-state index in [-0.39, 0.29) is 61.8 Å². The van der Waals surface area contributed by atoms with Crippen LogP contribution in [0.1, 0.15) is 33.6 Å². The van der Waals surface area contributed by atoms with E-state index < -0.39 is 40.7 Å². The lowest BCUT2D eigenvalue weighted by atomic mass is 10.0. The molecule has 0 spiro atoms. The van der Waals surface area contributed by atoms with Crippen LogP contribution in [0.4, 0.5) is 16.2 Å². The van der Waals surface area contributed by atoms with Crippen molar-refractivity contribution in [3.05, 3.63) is 63.7 Å². The molecule has 14 nitrogen and oxygen atoms in total. The van der Waals surface area contributed by atoms with Gasteiger partial charge in [-0.3, -0.25) is 39.5 Å². The molecule has 14 heteroatoms. The molecular formula is C24H22N4O10. The summed E-state index contributed by atoms with van der Waals surface area (Å²) in [6, 6.07) is 8.59. The summed E-state index contributed by atoms with van der Waals surface area (Å²) in [6.07, 6.45) is -0.898. The third-order valence-corrected chi connectivity index (χ3v) is 5.73. The van der Waals surface area contributed by atoms with Crippen molar-refractivity contribution in [3.63, 3.8) is 0 Å². The van der Waals surface area contributed by atoms with E-state index in [1.165, 1.54) is 30.3 Å². The van der Waals surface area contributed by atoms with Crippen molar-refractivity contribution >= 4 is 41.2 Å². The second-order valence-electron chi connectivity index (χ2n) is 8.17. The van der Waals surface area contributed by atoms with Crippen LogP contribution in [0.15, 0.2) is 42.5 Å². The highest BCUT2D eigenvalue weighted by Gasteiger charge is 2.45. The van der Waals surface area contributed by atoms with Gasteiger partial charge in [0.15, 0.2) is 0 Å². The number of carbonyl (C=O) groups is 5. The van der Waals surface area contributed by atoms with Crippen LogP contribution < -0.4 is 15.4 Å². The minimum atomic E-state index is -1.05. The van der Waals surface area contributed by atoms with Crippen LogP contribution in [0.3, 0.4) is 0 Å². The normalized spacial score (nSPS) is 16.6. The summed E-state index contributed by atoms with van der Waals surface area (Å²) < 4.78 is 15.2. The number of hydrogen-bond acceptors (Lipinski definition) is 11. The third kappa shape index (κ3) is 5.75. The number of hydrogen-bond donors (Lipinski definition) is 2. The Labute approximate surface area is 215 Å². The third-order valence-electron chi connectivity index (χ3n) is 5.73. The van der Waals surface area contributed by atoms with E-state index in [0.29, 0.717) is 5.69 Å². The molecule has 1 unspecified atom stereocenters. The van der Waals surface area contributed by atoms with Gasteiger partial charge in [0.25, 0.3) is 17.5 Å². The van der Waals surface area contributed by atoms with E-state index in [1.807, 2.05) is 0 Å². The Balaban J connectivity index is 1.21. The van der Waals surface area contributed by atoms with Gasteiger partial charge in [-0.2, -0.15) is 0 Å². The number of ether oxygens (including phenoxy) is 3. The van der Waals surface area contributed by atoms with E-state index in [9.17, 15) is 34.1 Å². The van der Waals surface area contributed by atoms with Gasteiger partial charge in [-0.05, 0) is 30.7 Å². The maximum absolute atomic E-state index is 13.0. The summed E-state index contributed by atoms with van der Waals surface area (Å²) >= 11 is 0. The molecule has 0 aliphatic carbocycles. The highest BCUT2D eigenvalue weighted by atomic mass is 16.7. The molecule has 0 saturated carbocycles. The Morgan fingerprint density at radius 2 is 1.82 bits per heavy atom. The van der Waals surface area contributed by atoms with Crippen LogP contribution in [0.5, 0.6) is 5.75 Å². The molecule has 2 N–H and O–H groups in total. The molecule has 2 aromatic rings. The lowest BCUT2D eigenvalue weighted by Gasteiger charge is -2.27. The van der Waals surface area contributed by atoms with Crippen molar-refractivity contribution in [1.82, 2.24) is 10.2 Å². The van der Waals surface area contributed by atoms with Gasteiger partial charge in [-0.15, -0.1) is 0 Å². The molecule has 0 radical (unpaired) electrons. The van der Waals surface area contributed by atoms with Gasteiger partial charge in [0.1, 0.15) is 18.4 Å². The number of nitrogens with zero attached hydrogens (tertiary/aromatic N) is 2. The lowest BCUT2D eigenvalue weighted by molar-refractivity contribution is -0.384. The first kappa shape index (κ1) is 26.2. The monoisotopic (exact) mass is 526 g/mol. The van der Waals surface area contributed by atoms with E-state index in [0.717, 1.165) is 4.90 Å². The number of benzene rings is 2. The molecule has 4 amide bonds. The number of piperidine rings is 1. The first-order chi connectivity index (χ1) is 18.3. The number of carbonyl (C=O) groups excluding carboxylic acids is 5. The largest absolute Gasteiger partial charge is 0.513 e. The molecule has 1 atom stereocenters. The molecule has 0 bridgehead atoms. The van der Waals surface area contributed by atoms with Crippen molar-refractivity contribution < 1.29 is 43.1 Å². The second-order valence-corrected chi connectivity index (χ2v) is 8.17. The minimum absolute atomic E-state index is 0.0325. The molecule has 2 aliphatic rings. The number of nitro benzene ring substituents is 1. The van der Waals surface area contributed by atoms with Crippen molar-refractivity contribution in [2.24, 2.45) is 0 Å². The zero-order chi connectivity index (χ0) is 27.2. The van der Waals surface area contributed by atoms with E-state index >= 15 is 0 Å². The molecule has 1 fully saturated rings. The first-order valence-corrected chi connectivity index (χ1v) is 11.5. The fourth-order valence-electron chi connectivity index (χ4n) is 3.97. The van der Waals surface area contributed by atoms with E-state index in [2.05, 4.69) is 10.6 Å². The molecule has 2 aliphatic heterocycles. The molecule has 38 heavy (non-hydrogen) atoms. The topological polar surface area (TPSA) is 183 Å². The predicted octanol–water partition coefficient (Wildman–Crippen LogP) is 1.64. The SMILES string of the molecule is O=C1CCC(N2C(=O)c3cccc(NCCOCCOC(=O)Oc4ccc([N+](=O)[O-])cc4)c3C2=O)C(=O)N1. The number of non-ortho nitro benzene ring substituents is 1. The van der Waals surface area contributed by atoms with Crippen LogP contribution >= 0.6 is 0 Å². The number of fused-ring (bicyclic) bond motifs is 1. The minimum Gasteiger partial charge on any atom is -0.432 e. The van der Waals surface area contributed by atoms with Crippen LogP contribution in [0, 0.1) is 10.1 Å². The molecule has 0 aromatic heterocycles. The van der Waals surface area contributed by atoms with Crippen molar-refractivity contribution in [3.8, 4) is 5.75 Å². The van der Waals surface area contributed by atoms with Crippen LogP contribution in [0.2, 0.25) is 0 Å². The van der Waals surface area contributed by atoms with E-state index in [4.69, 9.17) is 14.2 Å². The number of amides is 4. The van der Waals surface area contributed by atoms with Gasteiger partial charge in [0, 0.05) is 30.8 Å². The molecule has 2 aromatic carbocycles. The summed E-state index contributed by atoms with van der Waals surface area (Å²) in [6.45, 7) is 0.359. The molecular weight excluding hydrogens is 504 g/mol. The van der Waals surface area contributed by atoms with Crippen molar-refractivity contribution in [2.45, 2.75) is 18.9 Å². The zero-order valence-corrected chi connectivity index (χ0v) is 19.8. The standard InChI is InChI=1S/C24H22N4O10/c29-19-9-8-18(21(30)26-19)27-22(31)16-2-1-3-17(20(16)23(27)32)25-10-11-36-12-13-37-24(33)38-15-6-4-14(5-7-15)28(34)35/h1-7,18,25H,8-13H2,(H,26,29,30). The highest BCUT2D eigenvalue weighted by Crippen LogP contribution is 2.32. The predicted molar refractivity (Wildman–Crippen MR) is 127 cm³/mol. The number of rotatable bonds is 10. The fraction of sp³-hybridized carbons (Fsp3) is 0.292. The van der Waals surface area contributed by atoms with Crippen LogP contribution in [-0.4, -0.2) is 72.0 Å². The van der Waals surface area contributed by atoms with E-state index in [1.54, 1.807) is 12.1 Å². The Bertz CT molecular complexity index is 1290. The van der Waals surface area contributed by atoms with Crippen LogP contribution in [0.25, 0.3) is 0 Å². The summed E-state index contributed by atoms with van der Waals surface area (Å²) in [5, 5.41) is 15.8. The zero-order valence-electron chi connectivity index (χ0n) is 19.8. The van der Waals surface area contributed by atoms with Gasteiger partial charge in [-0.25, -0.2) is 4.79 Å². The number of imide groups is 2. The molecule has 4 rings (SSSR count). The van der Waals surface area contributed by atoms with Gasteiger partial charge in [0.05, 0.1) is 29.3 Å². The average Bonchev–Trinajstić information content (AvgIpc) is 3.14. The smallest absolute Gasteiger partial charge is 0.432 e. The first-order valence-electron chi connectivity index (χ1n) is 11.5. The molecule has 2 heterocycles. The lowest BCUT2D eigenvalue weighted by Crippen LogP contribution is -2.54. The summed E-state index contributed by atoms with van der Waals surface area (Å²) in [5.41, 5.74) is 0.544. The summed E-state index contributed by atoms with van der Waals surface area (Å²) in [5.74, 6) is -2.26. The highest BCUT2D eigenvalue weighted by molar-refractivity contribution is 6.25. The van der Waals surface area contributed by atoms with Gasteiger partial charge < -0.3 is 19.5 Å². The number of nitro groups is 1. The Hall–Kier alpha value is -4.85. The van der Waals surface area contributed by atoms with Gasteiger partial charge >= 0.3 is 6.16 Å². The summed E-state index contributed by atoms with van der Waals surface area (Å²) in [7, 11) is 0.